The van der Waals surface area contributed by atoms with Crippen molar-refractivity contribution >= 4 is 22.9 Å². The molecule has 2 aromatic heterocycles. The predicted molar refractivity (Wildman–Crippen MR) is 105 cm³/mol. The van der Waals surface area contributed by atoms with Crippen LogP contribution in [0, 0.1) is 0 Å². The van der Waals surface area contributed by atoms with Crippen molar-refractivity contribution in [2.24, 2.45) is 0 Å². The van der Waals surface area contributed by atoms with Crippen molar-refractivity contribution in [1.82, 2.24) is 4.98 Å². The van der Waals surface area contributed by atoms with E-state index in [9.17, 15) is 5.11 Å². The summed E-state index contributed by atoms with van der Waals surface area (Å²) in [7, 11) is 0. The van der Waals surface area contributed by atoms with E-state index >= 15 is 0 Å². The second-order valence-corrected chi connectivity index (χ2v) is 6.91. The molecule has 2 heterocycles. The van der Waals surface area contributed by atoms with E-state index in [1.807, 2.05) is 36.4 Å². The van der Waals surface area contributed by atoms with Gasteiger partial charge in [-0.1, -0.05) is 35.9 Å². The second-order valence-electron chi connectivity index (χ2n) is 5.70. The van der Waals surface area contributed by atoms with Crippen LogP contribution in [0.2, 0.25) is 5.02 Å². The zero-order valence-electron chi connectivity index (χ0n) is 13.2. The number of phenols is 1. The molecule has 4 rings (SSSR count). The van der Waals surface area contributed by atoms with Crippen LogP contribution in [0.3, 0.4) is 0 Å². The molecule has 0 radical (unpaired) electrons. The third-order valence-corrected chi connectivity index (χ3v) is 4.90. The number of benzene rings is 2. The van der Waals surface area contributed by atoms with E-state index in [2.05, 4.69) is 29.0 Å². The largest absolute Gasteiger partial charge is 0.508 e. The zero-order valence-corrected chi connectivity index (χ0v) is 14.8. The number of thiophene rings is 1. The fourth-order valence-corrected chi connectivity index (χ4v) is 3.50. The number of hydrogen-bond donors (Lipinski definition) is 1. The molecule has 0 amide bonds. The Kier molecular flexibility index (Phi) is 4.26. The highest BCUT2D eigenvalue weighted by atomic mass is 35.5. The molecule has 0 fully saturated rings. The average molecular weight is 364 g/mol. The average Bonchev–Trinajstić information content (AvgIpc) is 3.17. The van der Waals surface area contributed by atoms with Crippen molar-refractivity contribution in [3.05, 3.63) is 82.5 Å². The Morgan fingerprint density at radius 3 is 2.20 bits per heavy atom. The van der Waals surface area contributed by atoms with E-state index in [1.54, 1.807) is 23.5 Å². The lowest BCUT2D eigenvalue weighted by Crippen LogP contribution is -1.90. The van der Waals surface area contributed by atoms with E-state index in [0.29, 0.717) is 5.02 Å². The molecule has 0 unspecified atom stereocenters. The van der Waals surface area contributed by atoms with Crippen LogP contribution in [0.15, 0.2) is 77.5 Å². The lowest BCUT2D eigenvalue weighted by atomic mass is 10.0. The number of aromatic hydroxyl groups is 1. The summed E-state index contributed by atoms with van der Waals surface area (Å²) in [6, 6.07) is 21.1. The van der Waals surface area contributed by atoms with E-state index in [1.165, 1.54) is 0 Å². The van der Waals surface area contributed by atoms with Gasteiger partial charge in [-0.05, 0) is 64.4 Å². The first-order valence-corrected chi connectivity index (χ1v) is 9.11. The van der Waals surface area contributed by atoms with Gasteiger partial charge in [0.05, 0.1) is 11.4 Å². The van der Waals surface area contributed by atoms with Gasteiger partial charge in [-0.3, -0.25) is 0 Å². The molecule has 4 aromatic rings. The molecule has 25 heavy (non-hydrogen) atoms. The maximum atomic E-state index is 9.80. The third kappa shape index (κ3) is 3.43. The molecule has 0 aliphatic heterocycles. The topological polar surface area (TPSA) is 33.1 Å². The monoisotopic (exact) mass is 363 g/mol. The summed E-state index contributed by atoms with van der Waals surface area (Å²) < 4.78 is 0. The Morgan fingerprint density at radius 1 is 0.760 bits per heavy atom. The van der Waals surface area contributed by atoms with Gasteiger partial charge in [0.1, 0.15) is 5.75 Å². The third-order valence-electron chi connectivity index (χ3n) is 3.96. The van der Waals surface area contributed by atoms with E-state index < -0.39 is 0 Å². The van der Waals surface area contributed by atoms with Gasteiger partial charge in [0.25, 0.3) is 0 Å². The van der Waals surface area contributed by atoms with Gasteiger partial charge in [-0.25, -0.2) is 4.98 Å². The summed E-state index contributed by atoms with van der Waals surface area (Å²) in [5.74, 6) is 0.230. The van der Waals surface area contributed by atoms with Crippen LogP contribution in [-0.2, 0) is 0 Å². The van der Waals surface area contributed by atoms with Gasteiger partial charge in [-0.15, -0.1) is 0 Å². The summed E-state index contributed by atoms with van der Waals surface area (Å²) in [4.78, 5) is 4.80. The lowest BCUT2D eigenvalue weighted by molar-refractivity contribution is 0.475. The Hall–Kier alpha value is -2.62. The second kappa shape index (κ2) is 6.71. The molecule has 2 aromatic carbocycles. The highest BCUT2D eigenvalue weighted by Crippen LogP contribution is 2.32. The summed E-state index contributed by atoms with van der Waals surface area (Å²) in [6.07, 6.45) is 0. The zero-order chi connectivity index (χ0) is 17.2. The number of pyridine rings is 1. The van der Waals surface area contributed by atoms with Crippen molar-refractivity contribution in [2.45, 2.75) is 0 Å². The van der Waals surface area contributed by atoms with Crippen molar-refractivity contribution in [1.29, 1.82) is 0 Å². The van der Waals surface area contributed by atoms with E-state index in [4.69, 9.17) is 16.6 Å². The molecular formula is C21H14ClNOS. The molecule has 0 saturated heterocycles. The van der Waals surface area contributed by atoms with Gasteiger partial charge in [0, 0.05) is 16.1 Å². The standard InChI is InChI=1S/C21H14ClNOS/c22-18-6-4-14(5-7-18)20-11-17(16-8-9-25-13-16)12-21(23-20)15-2-1-3-19(24)10-15/h1-13,24H. The Balaban J connectivity index is 1.90. The van der Waals surface area contributed by atoms with Crippen LogP contribution in [0.5, 0.6) is 5.75 Å². The summed E-state index contributed by atoms with van der Waals surface area (Å²) >= 11 is 7.67. The van der Waals surface area contributed by atoms with E-state index in [0.717, 1.165) is 33.6 Å². The van der Waals surface area contributed by atoms with Gasteiger partial charge in [0.2, 0.25) is 0 Å². The van der Waals surface area contributed by atoms with Crippen LogP contribution in [0.4, 0.5) is 0 Å². The van der Waals surface area contributed by atoms with Crippen molar-refractivity contribution in [2.75, 3.05) is 0 Å². The summed E-state index contributed by atoms with van der Waals surface area (Å²) in [6.45, 7) is 0. The predicted octanol–water partition coefficient (Wildman–Crippen LogP) is 6.50. The minimum absolute atomic E-state index is 0.230. The first kappa shape index (κ1) is 15.9. The van der Waals surface area contributed by atoms with Crippen LogP contribution >= 0.6 is 22.9 Å². The van der Waals surface area contributed by atoms with Crippen molar-refractivity contribution in [3.8, 4) is 39.4 Å². The highest BCUT2D eigenvalue weighted by molar-refractivity contribution is 7.08. The lowest BCUT2D eigenvalue weighted by Gasteiger charge is -2.09. The number of nitrogens with zero attached hydrogens (tertiary/aromatic N) is 1. The molecule has 0 aliphatic carbocycles. The molecule has 122 valence electrons. The van der Waals surface area contributed by atoms with Gasteiger partial charge in [0.15, 0.2) is 0 Å². The maximum Gasteiger partial charge on any atom is 0.116 e. The normalized spacial score (nSPS) is 10.8. The number of rotatable bonds is 3. The first-order valence-electron chi connectivity index (χ1n) is 7.79. The van der Waals surface area contributed by atoms with E-state index in [-0.39, 0.29) is 5.75 Å². The van der Waals surface area contributed by atoms with Crippen molar-refractivity contribution in [3.63, 3.8) is 0 Å². The highest BCUT2D eigenvalue weighted by Gasteiger charge is 2.09. The SMILES string of the molecule is Oc1cccc(-c2cc(-c3ccsc3)cc(-c3ccc(Cl)cc3)n2)c1. The molecule has 0 bridgehead atoms. The van der Waals surface area contributed by atoms with Gasteiger partial charge in [-0.2, -0.15) is 11.3 Å². The van der Waals surface area contributed by atoms with Gasteiger partial charge < -0.3 is 5.11 Å². The molecule has 0 aliphatic rings. The number of halogens is 1. The number of phenolic OH excluding ortho intramolecular Hbond substituents is 1. The van der Waals surface area contributed by atoms with Crippen molar-refractivity contribution < 1.29 is 5.11 Å². The Morgan fingerprint density at radius 2 is 1.52 bits per heavy atom. The van der Waals surface area contributed by atoms with Crippen LogP contribution in [-0.4, -0.2) is 10.1 Å². The fourth-order valence-electron chi connectivity index (χ4n) is 2.71. The summed E-state index contributed by atoms with van der Waals surface area (Å²) in [5, 5.41) is 14.7. The first-order chi connectivity index (χ1) is 12.2. The molecular weight excluding hydrogens is 350 g/mol. The molecule has 0 saturated carbocycles. The fraction of sp³-hybridized carbons (Fsp3) is 0. The molecule has 2 nitrogen and oxygen atoms in total. The molecule has 0 spiro atoms. The molecule has 4 heteroatoms. The quantitative estimate of drug-likeness (QED) is 0.450. The smallest absolute Gasteiger partial charge is 0.116 e. The summed E-state index contributed by atoms with van der Waals surface area (Å²) in [5.41, 5.74) is 5.84. The maximum absolute atomic E-state index is 9.80. The molecule has 1 N–H and O–H groups in total. The minimum Gasteiger partial charge on any atom is -0.508 e. The van der Waals surface area contributed by atoms with Crippen LogP contribution in [0.25, 0.3) is 33.6 Å². The number of hydrogen-bond acceptors (Lipinski definition) is 3. The molecule has 0 atom stereocenters. The van der Waals surface area contributed by atoms with Crippen LogP contribution in [0.1, 0.15) is 0 Å². The van der Waals surface area contributed by atoms with Crippen LogP contribution < -0.4 is 0 Å². The van der Waals surface area contributed by atoms with Gasteiger partial charge >= 0.3 is 0 Å². The minimum atomic E-state index is 0.230. The Bertz CT molecular complexity index is 1010. The number of aromatic nitrogens is 1. The Labute approximate surface area is 155 Å².